The quantitative estimate of drug-likeness (QED) is 0.206. The van der Waals surface area contributed by atoms with Crippen molar-refractivity contribution in [1.82, 2.24) is 29.5 Å². The summed E-state index contributed by atoms with van der Waals surface area (Å²) in [7, 11) is 0. The fourth-order valence-corrected chi connectivity index (χ4v) is 3.90. The monoisotopic (exact) mass is 546 g/mol. The number of benzene rings is 1. The molecule has 0 spiro atoms. The van der Waals surface area contributed by atoms with Crippen LogP contribution in [0.2, 0.25) is 5.02 Å². The highest BCUT2D eigenvalue weighted by Gasteiger charge is 2.38. The van der Waals surface area contributed by atoms with Gasteiger partial charge in [0.2, 0.25) is 0 Å². The standard InChI is InChI=1S/C24H22ClF3N8O2/c1-2-8-35-14-17(20(34-35)24(26,27)28)19-13-32-22-21(30-6-9-36(19)22)33-15-3-4-16(18(25)12-15)23(37)31-7-11-38-10-5-29/h1,3-4,6,9,12-14H,5,7-8,10-11,29H2,(H,30,33)(H,31,37). The lowest BCUT2D eigenvalue weighted by Crippen LogP contribution is -2.28. The zero-order valence-corrected chi connectivity index (χ0v) is 20.6. The number of rotatable bonds is 10. The molecule has 0 saturated heterocycles. The predicted octanol–water partition coefficient (Wildman–Crippen LogP) is 3.35. The molecule has 38 heavy (non-hydrogen) atoms. The molecule has 10 nitrogen and oxygen atoms in total. The Morgan fingerprint density at radius 3 is 2.79 bits per heavy atom. The first-order chi connectivity index (χ1) is 18.2. The minimum atomic E-state index is -4.70. The second kappa shape index (κ2) is 11.5. The van der Waals surface area contributed by atoms with Gasteiger partial charge >= 0.3 is 6.18 Å². The van der Waals surface area contributed by atoms with Gasteiger partial charge in [0.05, 0.1) is 41.3 Å². The smallest absolute Gasteiger partial charge is 0.378 e. The molecule has 4 aromatic rings. The van der Waals surface area contributed by atoms with Gasteiger partial charge in [-0.1, -0.05) is 17.5 Å². The van der Waals surface area contributed by atoms with Crippen molar-refractivity contribution in [2.24, 2.45) is 5.73 Å². The molecule has 0 radical (unpaired) electrons. The van der Waals surface area contributed by atoms with Gasteiger partial charge in [-0.05, 0) is 18.2 Å². The number of ether oxygens (including phenoxy) is 1. The number of nitrogens with two attached hydrogens (primary N) is 1. The highest BCUT2D eigenvalue weighted by molar-refractivity contribution is 6.34. The minimum Gasteiger partial charge on any atom is -0.378 e. The Bertz CT molecular complexity index is 1490. The number of carbonyl (C=O) groups excluding carboxylic acids is 1. The number of alkyl halides is 3. The summed E-state index contributed by atoms with van der Waals surface area (Å²) in [6.07, 6.45) is 5.97. The van der Waals surface area contributed by atoms with E-state index in [4.69, 9.17) is 28.5 Å². The molecule has 0 aliphatic carbocycles. The van der Waals surface area contributed by atoms with E-state index < -0.39 is 11.9 Å². The molecule has 0 saturated carbocycles. The fourth-order valence-electron chi connectivity index (χ4n) is 3.63. The van der Waals surface area contributed by atoms with Crippen LogP contribution in [0, 0.1) is 12.3 Å². The summed E-state index contributed by atoms with van der Waals surface area (Å²) in [6.45, 7) is 1.28. The van der Waals surface area contributed by atoms with Crippen molar-refractivity contribution in [3.8, 4) is 23.6 Å². The van der Waals surface area contributed by atoms with Crippen LogP contribution in [0.1, 0.15) is 16.1 Å². The number of halogens is 4. The summed E-state index contributed by atoms with van der Waals surface area (Å²) in [6, 6.07) is 4.68. The Balaban J connectivity index is 1.58. The third-order valence-corrected chi connectivity index (χ3v) is 5.57. The maximum atomic E-state index is 13.7. The van der Waals surface area contributed by atoms with Crippen molar-refractivity contribution >= 4 is 34.7 Å². The highest BCUT2D eigenvalue weighted by Crippen LogP contribution is 2.37. The van der Waals surface area contributed by atoms with E-state index in [9.17, 15) is 18.0 Å². The van der Waals surface area contributed by atoms with E-state index in [-0.39, 0.29) is 45.8 Å². The Morgan fingerprint density at radius 2 is 2.08 bits per heavy atom. The number of hydrogen-bond donors (Lipinski definition) is 3. The molecule has 198 valence electrons. The Hall–Kier alpha value is -4.12. The maximum Gasteiger partial charge on any atom is 0.435 e. The maximum absolute atomic E-state index is 13.7. The zero-order valence-electron chi connectivity index (χ0n) is 19.8. The lowest BCUT2D eigenvalue weighted by atomic mass is 10.2. The normalized spacial score (nSPS) is 11.5. The Kier molecular flexibility index (Phi) is 8.16. The molecular formula is C24H22ClF3N8O2. The van der Waals surface area contributed by atoms with Gasteiger partial charge in [0.1, 0.15) is 6.54 Å². The van der Waals surface area contributed by atoms with Crippen LogP contribution in [0.25, 0.3) is 16.9 Å². The number of nitrogens with one attached hydrogen (secondary N) is 2. The summed E-state index contributed by atoms with van der Waals surface area (Å²) in [5.74, 6) is 2.16. The number of aromatic nitrogens is 5. The molecule has 0 atom stereocenters. The average Bonchev–Trinajstić information content (AvgIpc) is 3.49. The molecule has 1 amide bonds. The fraction of sp³-hybridized carbons (Fsp3) is 0.250. The van der Waals surface area contributed by atoms with Crippen LogP contribution in [0.3, 0.4) is 0 Å². The number of nitrogens with zero attached hydrogens (tertiary/aromatic N) is 5. The van der Waals surface area contributed by atoms with Crippen LogP contribution >= 0.6 is 11.6 Å². The molecule has 0 unspecified atom stereocenters. The van der Waals surface area contributed by atoms with E-state index in [0.29, 0.717) is 32.0 Å². The second-order valence-corrected chi connectivity index (χ2v) is 8.29. The van der Waals surface area contributed by atoms with Crippen molar-refractivity contribution in [3.05, 3.63) is 59.3 Å². The van der Waals surface area contributed by atoms with E-state index in [1.807, 2.05) is 0 Å². The molecular weight excluding hydrogens is 525 g/mol. The average molecular weight is 547 g/mol. The summed E-state index contributed by atoms with van der Waals surface area (Å²) in [4.78, 5) is 20.9. The number of imidazole rings is 1. The van der Waals surface area contributed by atoms with Gasteiger partial charge in [0.15, 0.2) is 17.2 Å². The predicted molar refractivity (Wildman–Crippen MR) is 135 cm³/mol. The zero-order chi connectivity index (χ0) is 27.3. The number of fused-ring (bicyclic) bond motifs is 1. The molecule has 4 rings (SSSR count). The summed E-state index contributed by atoms with van der Waals surface area (Å²) >= 11 is 6.32. The molecule has 4 N–H and O–H groups in total. The van der Waals surface area contributed by atoms with Crippen molar-refractivity contribution < 1.29 is 22.7 Å². The van der Waals surface area contributed by atoms with Crippen LogP contribution in [-0.4, -0.2) is 56.4 Å². The van der Waals surface area contributed by atoms with E-state index in [1.165, 1.54) is 41.3 Å². The number of anilines is 2. The first-order valence-corrected chi connectivity index (χ1v) is 11.6. The minimum absolute atomic E-state index is 0.120. The van der Waals surface area contributed by atoms with Crippen LogP contribution in [0.15, 0.2) is 43.0 Å². The molecule has 0 aliphatic heterocycles. The lowest BCUT2D eigenvalue weighted by Gasteiger charge is -2.11. The number of amides is 1. The molecule has 0 fully saturated rings. The van der Waals surface area contributed by atoms with Crippen LogP contribution in [-0.2, 0) is 17.5 Å². The molecule has 14 heteroatoms. The lowest BCUT2D eigenvalue weighted by molar-refractivity contribution is -0.141. The third kappa shape index (κ3) is 5.88. The summed E-state index contributed by atoms with van der Waals surface area (Å²) < 4.78 is 48.7. The topological polar surface area (TPSA) is 124 Å². The van der Waals surface area contributed by atoms with Crippen LogP contribution < -0.4 is 16.4 Å². The Morgan fingerprint density at radius 1 is 1.26 bits per heavy atom. The highest BCUT2D eigenvalue weighted by atomic mass is 35.5. The molecule has 1 aromatic carbocycles. The van der Waals surface area contributed by atoms with E-state index in [2.05, 4.69) is 31.6 Å². The van der Waals surface area contributed by atoms with E-state index in [1.54, 1.807) is 6.07 Å². The Labute approximate surface area is 220 Å². The van der Waals surface area contributed by atoms with Gasteiger partial charge in [-0.25, -0.2) is 9.97 Å². The van der Waals surface area contributed by atoms with Crippen LogP contribution in [0.4, 0.5) is 24.7 Å². The SMILES string of the molecule is C#CCn1cc(-c2cnc3c(Nc4ccc(C(=O)NCCOCCN)c(Cl)c4)nccn23)c(C(F)(F)F)n1. The summed E-state index contributed by atoms with van der Waals surface area (Å²) in [5.41, 5.74) is 5.25. The van der Waals surface area contributed by atoms with Gasteiger partial charge in [-0.2, -0.15) is 18.3 Å². The van der Waals surface area contributed by atoms with Gasteiger partial charge in [-0.15, -0.1) is 6.42 Å². The number of carbonyl (C=O) groups is 1. The number of hydrogen-bond acceptors (Lipinski definition) is 7. The van der Waals surface area contributed by atoms with Crippen molar-refractivity contribution in [1.29, 1.82) is 0 Å². The van der Waals surface area contributed by atoms with Crippen LogP contribution in [0.5, 0.6) is 0 Å². The molecule has 3 heterocycles. The summed E-state index contributed by atoms with van der Waals surface area (Å²) in [5, 5.41) is 9.53. The largest absolute Gasteiger partial charge is 0.435 e. The van der Waals surface area contributed by atoms with Crippen molar-refractivity contribution in [2.75, 3.05) is 31.6 Å². The molecule has 0 bridgehead atoms. The van der Waals surface area contributed by atoms with Crippen molar-refractivity contribution in [2.45, 2.75) is 12.7 Å². The second-order valence-electron chi connectivity index (χ2n) is 7.88. The van der Waals surface area contributed by atoms with E-state index >= 15 is 0 Å². The molecule has 3 aromatic heterocycles. The molecule has 0 aliphatic rings. The first kappa shape index (κ1) is 26.9. The van der Waals surface area contributed by atoms with Crippen molar-refractivity contribution in [3.63, 3.8) is 0 Å². The van der Waals surface area contributed by atoms with Gasteiger partial charge in [0, 0.05) is 37.4 Å². The van der Waals surface area contributed by atoms with E-state index in [0.717, 1.165) is 4.68 Å². The number of terminal acetylenes is 1. The third-order valence-electron chi connectivity index (χ3n) is 5.26. The first-order valence-electron chi connectivity index (χ1n) is 11.3. The van der Waals surface area contributed by atoms with Gasteiger partial charge in [0.25, 0.3) is 5.91 Å². The van der Waals surface area contributed by atoms with Gasteiger partial charge < -0.3 is 21.1 Å². The van der Waals surface area contributed by atoms with Gasteiger partial charge in [-0.3, -0.25) is 13.9 Å².